The minimum Gasteiger partial charge on any atom is -0.334 e. The van der Waals surface area contributed by atoms with Crippen molar-refractivity contribution in [2.45, 2.75) is 52.0 Å². The highest BCUT2D eigenvalue weighted by Gasteiger charge is 2.18. The van der Waals surface area contributed by atoms with Crippen molar-refractivity contribution in [1.29, 1.82) is 0 Å². The predicted molar refractivity (Wildman–Crippen MR) is 71.1 cm³/mol. The van der Waals surface area contributed by atoms with Gasteiger partial charge in [-0.2, -0.15) is 0 Å². The third-order valence-corrected chi connectivity index (χ3v) is 3.64. The lowest BCUT2D eigenvalue weighted by Gasteiger charge is -2.23. The van der Waals surface area contributed by atoms with Gasteiger partial charge in [-0.3, -0.25) is 0 Å². The van der Waals surface area contributed by atoms with Gasteiger partial charge in [0.25, 0.3) is 0 Å². The topological polar surface area (TPSA) is 29.9 Å². The molecule has 1 N–H and O–H groups in total. The summed E-state index contributed by atoms with van der Waals surface area (Å²) in [4.78, 5) is 4.33. The van der Waals surface area contributed by atoms with Crippen molar-refractivity contribution in [3.8, 4) is 0 Å². The van der Waals surface area contributed by atoms with E-state index < -0.39 is 0 Å². The highest BCUT2D eigenvalue weighted by Crippen LogP contribution is 2.23. The second kappa shape index (κ2) is 6.20. The first-order chi connectivity index (χ1) is 8.27. The van der Waals surface area contributed by atoms with Crippen LogP contribution in [0.4, 0.5) is 0 Å². The highest BCUT2D eigenvalue weighted by molar-refractivity contribution is 5.08. The van der Waals surface area contributed by atoms with Gasteiger partial charge in [-0.05, 0) is 38.1 Å². The van der Waals surface area contributed by atoms with Crippen molar-refractivity contribution in [1.82, 2.24) is 14.9 Å². The Morgan fingerprint density at radius 3 is 3.12 bits per heavy atom. The molecular formula is C14H25N3. The summed E-state index contributed by atoms with van der Waals surface area (Å²) in [6.45, 7) is 8.01. The fraction of sp³-hybridized carbons (Fsp3) is 0.786. The zero-order valence-electron chi connectivity index (χ0n) is 11.2. The van der Waals surface area contributed by atoms with Gasteiger partial charge < -0.3 is 9.88 Å². The Balaban J connectivity index is 1.91. The summed E-state index contributed by atoms with van der Waals surface area (Å²) in [6, 6.07) is 0. The molecule has 1 aliphatic rings. The van der Waals surface area contributed by atoms with Crippen LogP contribution in [0.15, 0.2) is 12.5 Å². The van der Waals surface area contributed by atoms with E-state index in [0.717, 1.165) is 19.0 Å². The molecule has 0 saturated carbocycles. The second-order valence-electron chi connectivity index (χ2n) is 5.59. The van der Waals surface area contributed by atoms with E-state index >= 15 is 0 Å². The third kappa shape index (κ3) is 3.56. The van der Waals surface area contributed by atoms with Crippen LogP contribution >= 0.6 is 0 Å². The number of piperidine rings is 1. The maximum Gasteiger partial charge on any atom is 0.0948 e. The molecule has 1 aromatic heterocycles. The smallest absolute Gasteiger partial charge is 0.0948 e. The molecule has 3 heteroatoms. The zero-order valence-corrected chi connectivity index (χ0v) is 11.2. The SMILES string of the molecule is CC(C)CCCn1cncc1C1CCCNC1. The van der Waals surface area contributed by atoms with Gasteiger partial charge in [0.05, 0.1) is 6.33 Å². The minimum absolute atomic E-state index is 0.672. The van der Waals surface area contributed by atoms with Crippen LogP contribution in [-0.4, -0.2) is 22.6 Å². The first-order valence-electron chi connectivity index (χ1n) is 6.98. The van der Waals surface area contributed by atoms with Crippen LogP contribution in [0.1, 0.15) is 51.1 Å². The van der Waals surface area contributed by atoms with E-state index in [4.69, 9.17) is 0 Å². The summed E-state index contributed by atoms with van der Waals surface area (Å²) in [7, 11) is 0. The molecule has 2 heterocycles. The second-order valence-corrected chi connectivity index (χ2v) is 5.59. The van der Waals surface area contributed by atoms with Crippen LogP contribution in [0.3, 0.4) is 0 Å². The van der Waals surface area contributed by atoms with Gasteiger partial charge in [-0.1, -0.05) is 13.8 Å². The molecule has 1 atom stereocenters. The van der Waals surface area contributed by atoms with Gasteiger partial charge in [0, 0.05) is 30.9 Å². The van der Waals surface area contributed by atoms with E-state index in [2.05, 4.69) is 34.9 Å². The zero-order chi connectivity index (χ0) is 12.1. The van der Waals surface area contributed by atoms with Crippen molar-refractivity contribution >= 4 is 0 Å². The summed E-state index contributed by atoms with van der Waals surface area (Å²) in [5.74, 6) is 1.48. The summed E-state index contributed by atoms with van der Waals surface area (Å²) in [6.07, 6.45) is 9.24. The van der Waals surface area contributed by atoms with Crippen molar-refractivity contribution in [3.63, 3.8) is 0 Å². The maximum absolute atomic E-state index is 4.33. The number of aromatic nitrogens is 2. The lowest BCUT2D eigenvalue weighted by Crippen LogP contribution is -2.29. The lowest BCUT2D eigenvalue weighted by atomic mass is 9.96. The predicted octanol–water partition coefficient (Wildman–Crippen LogP) is 2.79. The fourth-order valence-electron chi connectivity index (χ4n) is 2.63. The van der Waals surface area contributed by atoms with Crippen LogP contribution in [-0.2, 0) is 6.54 Å². The lowest BCUT2D eigenvalue weighted by molar-refractivity contribution is 0.432. The Hall–Kier alpha value is -0.830. The van der Waals surface area contributed by atoms with Gasteiger partial charge in [0.15, 0.2) is 0 Å². The average Bonchev–Trinajstić information content (AvgIpc) is 2.78. The molecule has 1 saturated heterocycles. The van der Waals surface area contributed by atoms with Gasteiger partial charge in [-0.25, -0.2) is 4.98 Å². The summed E-state index contributed by atoms with van der Waals surface area (Å²) >= 11 is 0. The number of rotatable bonds is 5. The monoisotopic (exact) mass is 235 g/mol. The summed E-state index contributed by atoms with van der Waals surface area (Å²) < 4.78 is 2.36. The van der Waals surface area contributed by atoms with Crippen LogP contribution in [0.5, 0.6) is 0 Å². The Kier molecular flexibility index (Phi) is 4.60. The van der Waals surface area contributed by atoms with E-state index in [9.17, 15) is 0 Å². The number of nitrogens with zero attached hydrogens (tertiary/aromatic N) is 2. The van der Waals surface area contributed by atoms with Crippen molar-refractivity contribution in [3.05, 3.63) is 18.2 Å². The van der Waals surface area contributed by atoms with E-state index in [0.29, 0.717) is 5.92 Å². The largest absolute Gasteiger partial charge is 0.334 e. The summed E-state index contributed by atoms with van der Waals surface area (Å²) in [5, 5.41) is 3.48. The molecule has 1 unspecified atom stereocenters. The number of hydrogen-bond donors (Lipinski definition) is 1. The quantitative estimate of drug-likeness (QED) is 0.850. The molecule has 3 nitrogen and oxygen atoms in total. The molecule has 0 amide bonds. The Morgan fingerprint density at radius 2 is 2.41 bits per heavy atom. The molecule has 0 bridgehead atoms. The maximum atomic E-state index is 4.33. The van der Waals surface area contributed by atoms with E-state index in [1.807, 2.05) is 6.33 Å². The Labute approximate surface area is 105 Å². The number of imidazole rings is 1. The minimum atomic E-state index is 0.672. The Bertz CT molecular complexity index is 324. The summed E-state index contributed by atoms with van der Waals surface area (Å²) in [5.41, 5.74) is 1.43. The van der Waals surface area contributed by atoms with Crippen molar-refractivity contribution in [2.24, 2.45) is 5.92 Å². The van der Waals surface area contributed by atoms with Crippen LogP contribution in [0.25, 0.3) is 0 Å². The first kappa shape index (κ1) is 12.6. The van der Waals surface area contributed by atoms with E-state index in [-0.39, 0.29) is 0 Å². The standard InChI is InChI=1S/C14H25N3/c1-12(2)5-4-8-17-11-16-10-14(17)13-6-3-7-15-9-13/h10-13,15H,3-9H2,1-2H3. The molecule has 96 valence electrons. The molecule has 0 aromatic carbocycles. The highest BCUT2D eigenvalue weighted by atomic mass is 15.1. The van der Waals surface area contributed by atoms with Crippen molar-refractivity contribution in [2.75, 3.05) is 13.1 Å². The molecule has 0 radical (unpaired) electrons. The molecule has 2 rings (SSSR count). The Morgan fingerprint density at radius 1 is 1.53 bits per heavy atom. The normalized spacial score (nSPS) is 21.0. The molecule has 1 fully saturated rings. The van der Waals surface area contributed by atoms with Gasteiger partial charge >= 0.3 is 0 Å². The molecule has 1 aliphatic heterocycles. The van der Waals surface area contributed by atoms with Crippen LogP contribution in [0.2, 0.25) is 0 Å². The van der Waals surface area contributed by atoms with Gasteiger partial charge in [-0.15, -0.1) is 0 Å². The van der Waals surface area contributed by atoms with E-state index in [1.165, 1.54) is 37.9 Å². The molecule has 0 aliphatic carbocycles. The molecule has 0 spiro atoms. The third-order valence-electron chi connectivity index (χ3n) is 3.64. The number of nitrogens with one attached hydrogen (secondary N) is 1. The number of aryl methyl sites for hydroxylation is 1. The van der Waals surface area contributed by atoms with Crippen LogP contribution < -0.4 is 5.32 Å². The molecule has 17 heavy (non-hydrogen) atoms. The first-order valence-corrected chi connectivity index (χ1v) is 6.98. The van der Waals surface area contributed by atoms with Crippen molar-refractivity contribution < 1.29 is 0 Å². The van der Waals surface area contributed by atoms with Gasteiger partial charge in [0.2, 0.25) is 0 Å². The average molecular weight is 235 g/mol. The van der Waals surface area contributed by atoms with Crippen LogP contribution in [0, 0.1) is 5.92 Å². The van der Waals surface area contributed by atoms with Gasteiger partial charge in [0.1, 0.15) is 0 Å². The molecule has 1 aromatic rings. The number of hydrogen-bond acceptors (Lipinski definition) is 2. The fourth-order valence-corrected chi connectivity index (χ4v) is 2.63. The molecular weight excluding hydrogens is 210 g/mol. The van der Waals surface area contributed by atoms with E-state index in [1.54, 1.807) is 0 Å².